The first-order valence-corrected chi connectivity index (χ1v) is 9.06. The zero-order chi connectivity index (χ0) is 21.9. The Morgan fingerprint density at radius 3 is 2.37 bits per heavy atom. The lowest BCUT2D eigenvalue weighted by atomic mass is 9.92. The van der Waals surface area contributed by atoms with Crippen LogP contribution in [0.1, 0.15) is 28.4 Å². The van der Waals surface area contributed by atoms with Gasteiger partial charge in [-0.3, -0.25) is 10.4 Å². The molecule has 0 fully saturated rings. The molecule has 154 valence electrons. The van der Waals surface area contributed by atoms with Gasteiger partial charge in [-0.05, 0) is 48.0 Å². The fourth-order valence-electron chi connectivity index (χ4n) is 2.79. The van der Waals surface area contributed by atoms with Crippen molar-refractivity contribution < 1.29 is 22.7 Å². The number of benzene rings is 2. The number of halogens is 5. The summed E-state index contributed by atoms with van der Waals surface area (Å²) in [5.74, 6) is -1.21. The van der Waals surface area contributed by atoms with Gasteiger partial charge in [0.05, 0.1) is 11.3 Å². The molecule has 0 radical (unpaired) electrons. The normalized spacial score (nSPS) is 13.2. The number of aromatic nitrogens is 1. The Balaban J connectivity index is 2.08. The van der Waals surface area contributed by atoms with E-state index in [4.69, 9.17) is 17.0 Å². The summed E-state index contributed by atoms with van der Waals surface area (Å²) < 4.78 is 53.0. The maximum Gasteiger partial charge on any atom is 0.416 e. The molecule has 1 atom stereocenters. The van der Waals surface area contributed by atoms with E-state index in [0.29, 0.717) is 28.3 Å². The average Bonchev–Trinajstić information content (AvgIpc) is 2.72. The number of nitrogens with one attached hydrogen (secondary N) is 1. The van der Waals surface area contributed by atoms with E-state index in [1.807, 2.05) is 0 Å². The van der Waals surface area contributed by atoms with Crippen molar-refractivity contribution in [1.29, 1.82) is 5.41 Å². The lowest BCUT2D eigenvalue weighted by Crippen LogP contribution is -2.15. The Kier molecular flexibility index (Phi) is 6.34. The van der Waals surface area contributed by atoms with Crippen molar-refractivity contribution in [2.75, 3.05) is 0 Å². The summed E-state index contributed by atoms with van der Waals surface area (Å²) in [6, 6.07) is 11.5. The minimum Gasteiger partial charge on any atom is -0.384 e. The average molecular weight is 435 g/mol. The van der Waals surface area contributed by atoms with Gasteiger partial charge < -0.3 is 5.11 Å². The number of nitrogens with zero attached hydrogens (tertiary/aromatic N) is 1. The van der Waals surface area contributed by atoms with Crippen LogP contribution in [0.2, 0.25) is 5.02 Å². The van der Waals surface area contributed by atoms with Crippen LogP contribution >= 0.6 is 11.6 Å². The Hall–Kier alpha value is -3.03. The molecule has 1 aromatic heterocycles. The highest BCUT2D eigenvalue weighted by atomic mass is 35.5. The first kappa shape index (κ1) is 21.7. The molecular formula is C22H15ClF4N2O. The maximum absolute atomic E-state index is 14.5. The summed E-state index contributed by atoms with van der Waals surface area (Å²) in [7, 11) is 0. The zero-order valence-electron chi connectivity index (χ0n) is 15.3. The number of aliphatic hydroxyl groups excluding tert-OH is 1. The van der Waals surface area contributed by atoms with Crippen molar-refractivity contribution in [2.24, 2.45) is 0 Å². The van der Waals surface area contributed by atoms with Gasteiger partial charge in [0.25, 0.3) is 0 Å². The molecule has 2 N–H and O–H groups in total. The molecule has 0 aliphatic carbocycles. The van der Waals surface area contributed by atoms with E-state index in [2.05, 4.69) is 4.98 Å². The number of hydrogen-bond acceptors (Lipinski definition) is 3. The second-order valence-corrected chi connectivity index (χ2v) is 6.84. The Morgan fingerprint density at radius 1 is 1.10 bits per heavy atom. The van der Waals surface area contributed by atoms with E-state index in [1.54, 1.807) is 36.4 Å². The minimum atomic E-state index is -4.71. The second-order valence-electron chi connectivity index (χ2n) is 6.41. The first-order valence-electron chi connectivity index (χ1n) is 8.68. The molecule has 3 aromatic rings. The van der Waals surface area contributed by atoms with Gasteiger partial charge in [-0.2, -0.15) is 13.2 Å². The van der Waals surface area contributed by atoms with Crippen LogP contribution in [0.25, 0.3) is 6.08 Å². The van der Waals surface area contributed by atoms with Crippen molar-refractivity contribution in [3.05, 3.63) is 106 Å². The second kappa shape index (κ2) is 8.77. The van der Waals surface area contributed by atoms with Gasteiger partial charge in [0.15, 0.2) is 0 Å². The first-order chi connectivity index (χ1) is 14.2. The quantitative estimate of drug-likeness (QED) is 0.378. The van der Waals surface area contributed by atoms with E-state index in [-0.39, 0.29) is 11.1 Å². The highest BCUT2D eigenvalue weighted by Gasteiger charge is 2.32. The zero-order valence-corrected chi connectivity index (χ0v) is 16.0. The Labute approximate surface area is 174 Å². The summed E-state index contributed by atoms with van der Waals surface area (Å²) in [5, 5.41) is 19.7. The SMILES string of the molecule is N=C(C(=Cc1ccc(Cl)cc1)C(O)c1cccnc1)c1ccc(C(F)(F)F)cc1F. The van der Waals surface area contributed by atoms with Crippen LogP contribution in [-0.4, -0.2) is 15.8 Å². The van der Waals surface area contributed by atoms with E-state index in [0.717, 1.165) is 6.07 Å². The molecule has 0 aliphatic rings. The predicted molar refractivity (Wildman–Crippen MR) is 107 cm³/mol. The summed E-state index contributed by atoms with van der Waals surface area (Å²) >= 11 is 5.88. The van der Waals surface area contributed by atoms with Gasteiger partial charge in [-0.15, -0.1) is 0 Å². The molecule has 2 aromatic carbocycles. The fourth-order valence-corrected chi connectivity index (χ4v) is 2.92. The van der Waals surface area contributed by atoms with Crippen molar-refractivity contribution in [3.8, 4) is 0 Å². The number of pyridine rings is 1. The van der Waals surface area contributed by atoms with E-state index in [1.165, 1.54) is 18.5 Å². The molecule has 0 aliphatic heterocycles. The number of hydrogen-bond donors (Lipinski definition) is 2. The van der Waals surface area contributed by atoms with Crippen molar-refractivity contribution in [1.82, 2.24) is 4.98 Å². The molecule has 1 unspecified atom stereocenters. The van der Waals surface area contributed by atoms with Crippen LogP contribution in [0.4, 0.5) is 17.6 Å². The summed E-state index contributed by atoms with van der Waals surface area (Å²) in [6.07, 6.45) is -1.73. The highest BCUT2D eigenvalue weighted by molar-refractivity contribution is 6.30. The molecule has 0 amide bonds. The van der Waals surface area contributed by atoms with Crippen molar-refractivity contribution in [2.45, 2.75) is 12.3 Å². The smallest absolute Gasteiger partial charge is 0.384 e. The van der Waals surface area contributed by atoms with E-state index in [9.17, 15) is 22.7 Å². The van der Waals surface area contributed by atoms with Crippen LogP contribution in [0.3, 0.4) is 0 Å². The van der Waals surface area contributed by atoms with Crippen molar-refractivity contribution >= 4 is 23.4 Å². The maximum atomic E-state index is 14.5. The Morgan fingerprint density at radius 2 is 1.80 bits per heavy atom. The highest BCUT2D eigenvalue weighted by Crippen LogP contribution is 2.32. The monoisotopic (exact) mass is 434 g/mol. The summed E-state index contributed by atoms with van der Waals surface area (Å²) in [4.78, 5) is 3.92. The van der Waals surface area contributed by atoms with Gasteiger partial charge in [0.2, 0.25) is 0 Å². The molecule has 0 bridgehead atoms. The number of alkyl halides is 3. The van der Waals surface area contributed by atoms with Gasteiger partial charge in [-0.1, -0.05) is 29.8 Å². The molecule has 0 saturated carbocycles. The topological polar surface area (TPSA) is 57.0 Å². The van der Waals surface area contributed by atoms with Crippen LogP contribution in [0.5, 0.6) is 0 Å². The molecule has 3 rings (SSSR count). The van der Waals surface area contributed by atoms with Crippen molar-refractivity contribution in [3.63, 3.8) is 0 Å². The predicted octanol–water partition coefficient (Wildman–Crippen LogP) is 6.08. The fraction of sp³-hybridized carbons (Fsp3) is 0.0909. The largest absolute Gasteiger partial charge is 0.416 e. The minimum absolute atomic E-state index is 0.0102. The third-order valence-electron chi connectivity index (χ3n) is 4.34. The Bertz CT molecular complexity index is 1080. The molecular weight excluding hydrogens is 420 g/mol. The molecule has 8 heteroatoms. The van der Waals surface area contributed by atoms with Gasteiger partial charge in [0, 0.05) is 34.1 Å². The molecule has 30 heavy (non-hydrogen) atoms. The standard InChI is InChI=1S/C22H15ClF4N2O/c23-16-6-3-13(4-7-16)10-18(21(30)14-2-1-9-29-12-14)20(28)17-8-5-15(11-19(17)24)22(25,26)27/h1-12,21,28,30H. The van der Waals surface area contributed by atoms with Gasteiger partial charge in [-0.25, -0.2) is 4.39 Å². The van der Waals surface area contributed by atoms with Crippen LogP contribution in [0, 0.1) is 11.2 Å². The lowest BCUT2D eigenvalue weighted by Gasteiger charge is -2.18. The third kappa shape index (κ3) is 4.93. The molecule has 0 saturated heterocycles. The third-order valence-corrected chi connectivity index (χ3v) is 4.59. The number of rotatable bonds is 5. The molecule has 3 nitrogen and oxygen atoms in total. The van der Waals surface area contributed by atoms with Crippen LogP contribution in [0.15, 0.2) is 72.6 Å². The van der Waals surface area contributed by atoms with Crippen LogP contribution < -0.4 is 0 Å². The summed E-state index contributed by atoms with van der Waals surface area (Å²) in [6.45, 7) is 0. The van der Waals surface area contributed by atoms with Gasteiger partial charge in [0.1, 0.15) is 11.9 Å². The summed E-state index contributed by atoms with van der Waals surface area (Å²) in [5.41, 5.74) is -1.08. The number of aliphatic hydroxyl groups is 1. The molecule has 1 heterocycles. The molecule has 0 spiro atoms. The van der Waals surface area contributed by atoms with E-state index < -0.39 is 29.4 Å². The van der Waals surface area contributed by atoms with Gasteiger partial charge >= 0.3 is 6.18 Å². The van der Waals surface area contributed by atoms with E-state index >= 15 is 0 Å². The van der Waals surface area contributed by atoms with Crippen LogP contribution in [-0.2, 0) is 6.18 Å². The lowest BCUT2D eigenvalue weighted by molar-refractivity contribution is -0.137.